The van der Waals surface area contributed by atoms with Crippen molar-refractivity contribution in [2.75, 3.05) is 7.11 Å². The largest absolute Gasteiger partial charge is 0.494 e. The molecule has 0 saturated heterocycles. The van der Waals surface area contributed by atoms with Crippen LogP contribution in [-0.2, 0) is 13.0 Å². The first kappa shape index (κ1) is 20.8. The highest BCUT2D eigenvalue weighted by Crippen LogP contribution is 2.36. The Balaban J connectivity index is 1.49. The number of halogens is 2. The van der Waals surface area contributed by atoms with Crippen LogP contribution in [0.1, 0.15) is 22.8 Å². The fourth-order valence-corrected chi connectivity index (χ4v) is 3.84. The number of methoxy groups -OCH3 is 1. The van der Waals surface area contributed by atoms with Crippen LogP contribution in [0.4, 0.5) is 8.78 Å². The fraction of sp³-hybridized carbons (Fsp3) is 0.160. The third kappa shape index (κ3) is 4.07. The number of aryl methyl sites for hydroxylation is 1. The summed E-state index contributed by atoms with van der Waals surface area (Å²) in [5.41, 5.74) is 4.01. The first-order valence-electron chi connectivity index (χ1n) is 10.4. The number of nitrogens with zero attached hydrogens (tertiary/aromatic N) is 4. The van der Waals surface area contributed by atoms with E-state index in [-0.39, 0.29) is 11.6 Å². The molecule has 5 rings (SSSR count). The molecule has 0 unspecified atom stereocenters. The lowest BCUT2D eigenvalue weighted by Crippen LogP contribution is -2.02. The second-order valence-corrected chi connectivity index (χ2v) is 7.69. The zero-order valence-electron chi connectivity index (χ0n) is 18.0. The Hall–Kier alpha value is -4.07. The predicted octanol–water partition coefficient (Wildman–Crippen LogP) is 5.32. The summed E-state index contributed by atoms with van der Waals surface area (Å²) < 4.78 is 40.0. The summed E-state index contributed by atoms with van der Waals surface area (Å²) in [6, 6.07) is 16.4. The average molecular weight is 446 g/mol. The van der Waals surface area contributed by atoms with E-state index in [1.807, 2.05) is 23.6 Å². The minimum absolute atomic E-state index is 0.268. The van der Waals surface area contributed by atoms with Gasteiger partial charge in [-0.15, -0.1) is 10.2 Å². The van der Waals surface area contributed by atoms with Gasteiger partial charge >= 0.3 is 0 Å². The molecule has 6 nitrogen and oxygen atoms in total. The first-order valence-corrected chi connectivity index (χ1v) is 10.4. The molecule has 0 amide bonds. The highest BCUT2D eigenvalue weighted by Gasteiger charge is 2.20. The highest BCUT2D eigenvalue weighted by molar-refractivity contribution is 5.89. The zero-order chi connectivity index (χ0) is 22.9. The Labute approximate surface area is 188 Å². The van der Waals surface area contributed by atoms with Crippen molar-refractivity contribution >= 4 is 11.0 Å². The van der Waals surface area contributed by atoms with Gasteiger partial charge in [-0.3, -0.25) is 0 Å². The lowest BCUT2D eigenvalue weighted by atomic mass is 10.1. The number of imidazole rings is 1. The monoisotopic (exact) mass is 446 g/mol. The third-order valence-corrected chi connectivity index (χ3v) is 5.49. The van der Waals surface area contributed by atoms with Gasteiger partial charge in [0.2, 0.25) is 5.89 Å². The molecule has 2 aromatic heterocycles. The van der Waals surface area contributed by atoms with E-state index in [9.17, 15) is 8.78 Å². The Morgan fingerprint density at radius 3 is 2.21 bits per heavy atom. The maximum Gasteiger partial charge on any atom is 0.251 e. The molecule has 0 N–H and O–H groups in total. The highest BCUT2D eigenvalue weighted by atomic mass is 19.1. The van der Waals surface area contributed by atoms with E-state index in [4.69, 9.17) is 14.1 Å². The van der Waals surface area contributed by atoms with Crippen LogP contribution in [0, 0.1) is 18.6 Å². The fourth-order valence-electron chi connectivity index (χ4n) is 3.84. The van der Waals surface area contributed by atoms with E-state index >= 15 is 0 Å². The summed E-state index contributed by atoms with van der Waals surface area (Å²) in [5.74, 6) is 1.50. The van der Waals surface area contributed by atoms with Crippen LogP contribution in [-0.4, -0.2) is 26.9 Å². The molecule has 5 aromatic rings. The number of aromatic nitrogens is 4. The van der Waals surface area contributed by atoms with Gasteiger partial charge in [-0.05, 0) is 54.4 Å². The summed E-state index contributed by atoms with van der Waals surface area (Å²) in [6.07, 6.45) is 0.392. The van der Waals surface area contributed by atoms with Gasteiger partial charge in [0.25, 0.3) is 5.89 Å². The van der Waals surface area contributed by atoms with Crippen molar-refractivity contribution in [1.29, 1.82) is 0 Å². The summed E-state index contributed by atoms with van der Waals surface area (Å²) in [7, 11) is 1.57. The van der Waals surface area contributed by atoms with Crippen molar-refractivity contribution < 1.29 is 17.9 Å². The number of hydrogen-bond acceptors (Lipinski definition) is 5. The van der Waals surface area contributed by atoms with Crippen LogP contribution in [0.25, 0.3) is 22.5 Å². The summed E-state index contributed by atoms with van der Waals surface area (Å²) in [5, 5.41) is 8.31. The molecule has 33 heavy (non-hydrogen) atoms. The van der Waals surface area contributed by atoms with Crippen molar-refractivity contribution in [2.24, 2.45) is 0 Å². The van der Waals surface area contributed by atoms with E-state index in [1.165, 1.54) is 24.3 Å². The minimum Gasteiger partial charge on any atom is -0.494 e. The lowest BCUT2D eigenvalue weighted by Gasteiger charge is -2.09. The summed E-state index contributed by atoms with van der Waals surface area (Å²) in [4.78, 5) is 4.71. The van der Waals surface area contributed by atoms with Gasteiger partial charge in [-0.2, -0.15) is 0 Å². The second-order valence-electron chi connectivity index (χ2n) is 7.69. The number of rotatable bonds is 6. The number of hydrogen-bond donors (Lipinski definition) is 0. The van der Waals surface area contributed by atoms with Crippen LogP contribution in [0.2, 0.25) is 0 Å². The number of fused-ring (bicyclic) bond motifs is 1. The zero-order valence-corrected chi connectivity index (χ0v) is 18.0. The average Bonchev–Trinajstić information content (AvgIpc) is 3.40. The first-order chi connectivity index (χ1) is 16.0. The van der Waals surface area contributed by atoms with E-state index in [0.717, 1.165) is 22.5 Å². The molecular formula is C25H20F2N4O2. The van der Waals surface area contributed by atoms with Crippen LogP contribution < -0.4 is 4.74 Å². The van der Waals surface area contributed by atoms with Gasteiger partial charge < -0.3 is 13.7 Å². The molecule has 0 aliphatic rings. The predicted molar refractivity (Wildman–Crippen MR) is 119 cm³/mol. The SMILES string of the molecule is COc1c(-c2nnc(Cc3ccc(F)cc3)o2)ccc2c1nc(C)n2Cc1ccc(F)cc1. The van der Waals surface area contributed by atoms with E-state index in [0.29, 0.717) is 41.6 Å². The maximum absolute atomic E-state index is 13.3. The molecule has 0 bridgehead atoms. The van der Waals surface area contributed by atoms with Gasteiger partial charge in [-0.1, -0.05) is 24.3 Å². The summed E-state index contributed by atoms with van der Waals surface area (Å²) in [6.45, 7) is 2.46. The van der Waals surface area contributed by atoms with Gasteiger partial charge in [0.1, 0.15) is 23.0 Å². The Morgan fingerprint density at radius 1 is 0.879 bits per heavy atom. The maximum atomic E-state index is 13.3. The van der Waals surface area contributed by atoms with E-state index < -0.39 is 0 Å². The van der Waals surface area contributed by atoms with Crippen LogP contribution in [0.5, 0.6) is 5.75 Å². The van der Waals surface area contributed by atoms with Crippen LogP contribution >= 0.6 is 0 Å². The minimum atomic E-state index is -0.294. The quantitative estimate of drug-likeness (QED) is 0.353. The van der Waals surface area contributed by atoms with E-state index in [2.05, 4.69) is 10.2 Å². The van der Waals surface area contributed by atoms with Crippen molar-refractivity contribution in [3.8, 4) is 17.2 Å². The lowest BCUT2D eigenvalue weighted by molar-refractivity contribution is 0.417. The number of benzene rings is 3. The Kier molecular flexibility index (Phi) is 5.34. The molecule has 2 heterocycles. The molecule has 0 radical (unpaired) electrons. The molecule has 0 fully saturated rings. The third-order valence-electron chi connectivity index (χ3n) is 5.49. The molecule has 0 saturated carbocycles. The topological polar surface area (TPSA) is 66.0 Å². The Morgan fingerprint density at radius 2 is 1.55 bits per heavy atom. The van der Waals surface area contributed by atoms with Gasteiger partial charge in [0.05, 0.1) is 24.6 Å². The standard InChI is InChI=1S/C25H20F2N4O2/c1-15-28-23-21(31(15)14-17-5-9-19(27)10-6-17)12-11-20(24(23)32-2)25-30-29-22(33-25)13-16-3-7-18(26)8-4-16/h3-12H,13-14H2,1-2H3. The summed E-state index contributed by atoms with van der Waals surface area (Å²) >= 11 is 0. The smallest absolute Gasteiger partial charge is 0.251 e. The molecular weight excluding hydrogens is 426 g/mol. The molecule has 0 spiro atoms. The van der Waals surface area contributed by atoms with Crippen LogP contribution in [0.3, 0.4) is 0 Å². The molecule has 0 atom stereocenters. The second kappa shape index (κ2) is 8.46. The van der Waals surface area contributed by atoms with Crippen molar-refractivity contribution in [1.82, 2.24) is 19.7 Å². The van der Waals surface area contributed by atoms with Crippen molar-refractivity contribution in [3.63, 3.8) is 0 Å². The number of ether oxygens (including phenoxy) is 1. The molecule has 0 aliphatic heterocycles. The van der Waals surface area contributed by atoms with Crippen molar-refractivity contribution in [2.45, 2.75) is 19.9 Å². The van der Waals surface area contributed by atoms with Gasteiger partial charge in [-0.25, -0.2) is 13.8 Å². The molecule has 0 aliphatic carbocycles. The molecule has 166 valence electrons. The van der Waals surface area contributed by atoms with E-state index in [1.54, 1.807) is 31.4 Å². The Bertz CT molecular complexity index is 1420. The van der Waals surface area contributed by atoms with Gasteiger partial charge in [0.15, 0.2) is 5.75 Å². The van der Waals surface area contributed by atoms with Gasteiger partial charge in [0, 0.05) is 6.54 Å². The van der Waals surface area contributed by atoms with Crippen molar-refractivity contribution in [3.05, 3.63) is 95.1 Å². The molecule has 8 heteroatoms. The molecule has 3 aromatic carbocycles. The van der Waals surface area contributed by atoms with Crippen LogP contribution in [0.15, 0.2) is 65.1 Å². The normalized spacial score (nSPS) is 11.3.